The van der Waals surface area contributed by atoms with Gasteiger partial charge in [-0.1, -0.05) is 19.1 Å². The van der Waals surface area contributed by atoms with Crippen molar-refractivity contribution in [2.45, 2.75) is 33.1 Å². The largest absolute Gasteiger partial charge is 0.493 e. The molecule has 1 aromatic heterocycles. The first-order valence-electron chi connectivity index (χ1n) is 8.48. The summed E-state index contributed by atoms with van der Waals surface area (Å²) < 4.78 is 5.52. The van der Waals surface area contributed by atoms with E-state index in [1.165, 1.54) is 11.3 Å². The van der Waals surface area contributed by atoms with Gasteiger partial charge >= 0.3 is 0 Å². The van der Waals surface area contributed by atoms with Gasteiger partial charge in [0, 0.05) is 4.88 Å². The normalized spacial score (nSPS) is 16.2. The Kier molecular flexibility index (Phi) is 5.08. The number of nitrogens with two attached hydrogens (primary N) is 1. The highest BCUT2D eigenvalue weighted by Gasteiger charge is 2.27. The predicted molar refractivity (Wildman–Crippen MR) is 99.6 cm³/mol. The van der Waals surface area contributed by atoms with Gasteiger partial charge in [0.05, 0.1) is 17.7 Å². The van der Waals surface area contributed by atoms with Crippen LogP contribution in [0, 0.1) is 5.92 Å². The molecule has 132 valence electrons. The molecular formula is C19H22N2O3S. The molecule has 3 rings (SSSR count). The van der Waals surface area contributed by atoms with E-state index >= 15 is 0 Å². The van der Waals surface area contributed by atoms with Crippen molar-refractivity contribution >= 4 is 28.2 Å². The number of carbonyl (C=O) groups excluding carboxylic acids is 2. The highest BCUT2D eigenvalue weighted by atomic mass is 32.1. The lowest BCUT2D eigenvalue weighted by molar-refractivity contribution is 0.1000. The Balaban J connectivity index is 1.93. The van der Waals surface area contributed by atoms with Gasteiger partial charge in [-0.05, 0) is 49.8 Å². The summed E-state index contributed by atoms with van der Waals surface area (Å²) in [6.45, 7) is 4.54. The molecule has 1 atom stereocenters. The molecular weight excluding hydrogens is 336 g/mol. The number of hydrogen-bond donors (Lipinski definition) is 2. The summed E-state index contributed by atoms with van der Waals surface area (Å²) >= 11 is 1.46. The average molecular weight is 358 g/mol. The van der Waals surface area contributed by atoms with Crippen LogP contribution >= 0.6 is 11.3 Å². The molecule has 3 N–H and O–H groups in total. The molecule has 0 radical (unpaired) electrons. The maximum Gasteiger partial charge on any atom is 0.260 e. The summed E-state index contributed by atoms with van der Waals surface area (Å²) in [6, 6.07) is 7.07. The number of anilines is 1. The van der Waals surface area contributed by atoms with Crippen molar-refractivity contribution in [2.24, 2.45) is 11.7 Å². The van der Waals surface area contributed by atoms with Crippen LogP contribution in [0.15, 0.2) is 24.3 Å². The van der Waals surface area contributed by atoms with Gasteiger partial charge in [-0.2, -0.15) is 0 Å². The van der Waals surface area contributed by atoms with Crippen molar-refractivity contribution in [3.8, 4) is 5.75 Å². The minimum absolute atomic E-state index is 0.293. The average Bonchev–Trinajstić information content (AvgIpc) is 2.92. The fraction of sp³-hybridized carbons (Fsp3) is 0.368. The van der Waals surface area contributed by atoms with Crippen LogP contribution in [0.1, 0.15) is 51.4 Å². The van der Waals surface area contributed by atoms with Crippen molar-refractivity contribution in [3.05, 3.63) is 45.8 Å². The number of amides is 2. The molecule has 0 saturated carbocycles. The number of benzene rings is 1. The van der Waals surface area contributed by atoms with Gasteiger partial charge in [-0.15, -0.1) is 11.3 Å². The number of fused-ring (bicyclic) bond motifs is 1. The summed E-state index contributed by atoms with van der Waals surface area (Å²) in [7, 11) is 0. The zero-order chi connectivity index (χ0) is 18.0. The monoisotopic (exact) mass is 358 g/mol. The summed E-state index contributed by atoms with van der Waals surface area (Å²) in [6.07, 6.45) is 2.78. The minimum atomic E-state index is -0.486. The Morgan fingerprint density at radius 1 is 1.36 bits per heavy atom. The molecule has 0 aliphatic heterocycles. The molecule has 1 unspecified atom stereocenters. The second kappa shape index (κ2) is 7.27. The van der Waals surface area contributed by atoms with Crippen LogP contribution in [0.2, 0.25) is 0 Å². The fourth-order valence-electron chi connectivity index (χ4n) is 3.21. The van der Waals surface area contributed by atoms with E-state index in [9.17, 15) is 9.59 Å². The van der Waals surface area contributed by atoms with Gasteiger partial charge < -0.3 is 15.8 Å². The smallest absolute Gasteiger partial charge is 0.260 e. The highest BCUT2D eigenvalue weighted by molar-refractivity contribution is 7.17. The standard InChI is InChI=1S/C19H22N2O3S/c1-3-24-14-7-5-4-6-12(14)18(23)21-19-16(17(20)22)13-9-8-11(2)10-15(13)25-19/h4-7,11H,3,8-10H2,1-2H3,(H2,20,22)(H,21,23). The van der Waals surface area contributed by atoms with E-state index < -0.39 is 5.91 Å². The topological polar surface area (TPSA) is 81.4 Å². The van der Waals surface area contributed by atoms with Crippen molar-refractivity contribution in [1.82, 2.24) is 0 Å². The van der Waals surface area contributed by atoms with Gasteiger partial charge in [0.25, 0.3) is 11.8 Å². The van der Waals surface area contributed by atoms with Gasteiger partial charge in [0.2, 0.25) is 0 Å². The Hall–Kier alpha value is -2.34. The van der Waals surface area contributed by atoms with Crippen LogP contribution in [-0.2, 0) is 12.8 Å². The zero-order valence-corrected chi connectivity index (χ0v) is 15.2. The van der Waals surface area contributed by atoms with E-state index in [1.807, 2.05) is 13.0 Å². The molecule has 0 spiro atoms. The van der Waals surface area contributed by atoms with E-state index in [-0.39, 0.29) is 5.91 Å². The molecule has 6 heteroatoms. The van der Waals surface area contributed by atoms with E-state index in [0.717, 1.165) is 29.7 Å². The quantitative estimate of drug-likeness (QED) is 0.856. The maximum atomic E-state index is 12.7. The Morgan fingerprint density at radius 2 is 2.12 bits per heavy atom. The molecule has 0 saturated heterocycles. The van der Waals surface area contributed by atoms with Gasteiger partial charge in [-0.3, -0.25) is 9.59 Å². The van der Waals surface area contributed by atoms with Crippen molar-refractivity contribution in [3.63, 3.8) is 0 Å². The molecule has 25 heavy (non-hydrogen) atoms. The van der Waals surface area contributed by atoms with Gasteiger partial charge in [-0.25, -0.2) is 0 Å². The van der Waals surface area contributed by atoms with Crippen LogP contribution in [0.25, 0.3) is 0 Å². The molecule has 1 aliphatic carbocycles. The summed E-state index contributed by atoms with van der Waals surface area (Å²) in [5.74, 6) is 0.325. The number of primary amides is 1. The molecule has 0 bridgehead atoms. The molecule has 0 fully saturated rings. The van der Waals surface area contributed by atoms with Crippen molar-refractivity contribution in [2.75, 3.05) is 11.9 Å². The maximum absolute atomic E-state index is 12.7. The van der Waals surface area contributed by atoms with Crippen LogP contribution in [0.4, 0.5) is 5.00 Å². The molecule has 2 aromatic rings. The lowest BCUT2D eigenvalue weighted by Crippen LogP contribution is -2.19. The lowest BCUT2D eigenvalue weighted by Gasteiger charge is -2.18. The number of hydrogen-bond acceptors (Lipinski definition) is 4. The van der Waals surface area contributed by atoms with Crippen LogP contribution < -0.4 is 15.8 Å². The SMILES string of the molecule is CCOc1ccccc1C(=O)Nc1sc2c(c1C(N)=O)CCC(C)C2. The summed E-state index contributed by atoms with van der Waals surface area (Å²) in [4.78, 5) is 25.9. The number of rotatable bonds is 5. The molecule has 5 nitrogen and oxygen atoms in total. The first-order chi connectivity index (χ1) is 12.0. The van der Waals surface area contributed by atoms with E-state index in [2.05, 4.69) is 12.2 Å². The number of nitrogens with one attached hydrogen (secondary N) is 1. The third kappa shape index (κ3) is 3.54. The number of para-hydroxylation sites is 1. The summed E-state index contributed by atoms with van der Waals surface area (Å²) in [5.41, 5.74) is 7.52. The fourth-order valence-corrected chi connectivity index (χ4v) is 4.62. The van der Waals surface area contributed by atoms with E-state index in [1.54, 1.807) is 18.2 Å². The third-order valence-electron chi connectivity index (χ3n) is 4.42. The van der Waals surface area contributed by atoms with Crippen LogP contribution in [0.5, 0.6) is 5.75 Å². The van der Waals surface area contributed by atoms with Crippen LogP contribution in [0.3, 0.4) is 0 Å². The van der Waals surface area contributed by atoms with Gasteiger partial charge in [0.15, 0.2) is 0 Å². The van der Waals surface area contributed by atoms with E-state index in [0.29, 0.717) is 34.4 Å². The zero-order valence-electron chi connectivity index (χ0n) is 14.4. The molecule has 1 heterocycles. The molecule has 1 aromatic carbocycles. The predicted octanol–water partition coefficient (Wildman–Crippen LogP) is 3.62. The van der Waals surface area contributed by atoms with Crippen molar-refractivity contribution < 1.29 is 14.3 Å². The Bertz CT molecular complexity index is 813. The molecule has 1 aliphatic rings. The second-order valence-electron chi connectivity index (χ2n) is 6.30. The number of ether oxygens (including phenoxy) is 1. The third-order valence-corrected chi connectivity index (χ3v) is 5.59. The Morgan fingerprint density at radius 3 is 2.84 bits per heavy atom. The molecule has 2 amide bonds. The lowest BCUT2D eigenvalue weighted by atomic mass is 9.88. The first-order valence-corrected chi connectivity index (χ1v) is 9.30. The first kappa shape index (κ1) is 17.5. The van der Waals surface area contributed by atoms with Crippen molar-refractivity contribution in [1.29, 1.82) is 0 Å². The number of carbonyl (C=O) groups is 2. The Labute approximate surface area is 151 Å². The number of thiophene rings is 1. The van der Waals surface area contributed by atoms with Crippen LogP contribution in [-0.4, -0.2) is 18.4 Å². The van der Waals surface area contributed by atoms with Gasteiger partial charge in [0.1, 0.15) is 10.8 Å². The van der Waals surface area contributed by atoms with E-state index in [4.69, 9.17) is 10.5 Å². The second-order valence-corrected chi connectivity index (χ2v) is 7.41. The highest BCUT2D eigenvalue weighted by Crippen LogP contribution is 2.39. The minimum Gasteiger partial charge on any atom is -0.493 e. The summed E-state index contributed by atoms with van der Waals surface area (Å²) in [5, 5.41) is 3.42.